The van der Waals surface area contributed by atoms with Crippen molar-refractivity contribution < 1.29 is 0 Å². The molecule has 48 valence electrons. The van der Waals surface area contributed by atoms with Crippen LogP contribution < -0.4 is 10.9 Å². The standard InChI is InChI=1S/C4H5B2N3O/c5-6-9-3-1-2-7-4(10)8-3/h1-2,5H,(H2,7,8,9,10). The van der Waals surface area contributed by atoms with Gasteiger partial charge in [0.1, 0.15) is 0 Å². The van der Waals surface area contributed by atoms with Gasteiger partial charge >= 0.3 is 58.1 Å². The molecule has 0 saturated carbocycles. The molecular formula is C4H5B2N3O. The van der Waals surface area contributed by atoms with Crippen LogP contribution in [0.3, 0.4) is 0 Å². The van der Waals surface area contributed by atoms with E-state index in [1.54, 1.807) is 6.07 Å². The van der Waals surface area contributed by atoms with Crippen molar-refractivity contribution in [2.45, 2.75) is 0 Å². The number of aromatic nitrogens is 2. The van der Waals surface area contributed by atoms with Crippen LogP contribution in [0.4, 0.5) is 5.82 Å². The molecule has 0 aliphatic carbocycles. The molecule has 1 aromatic heterocycles. The first-order chi connectivity index (χ1) is 4.83. The molecule has 0 aliphatic heterocycles. The minimum atomic E-state index is -0.369. The Morgan fingerprint density at radius 1 is 1.80 bits per heavy atom. The molecule has 0 unspecified atom stereocenters. The Bertz CT molecular complexity index is 284. The summed E-state index contributed by atoms with van der Waals surface area (Å²) in [4.78, 5) is 16.5. The number of anilines is 1. The molecule has 10 heavy (non-hydrogen) atoms. The van der Waals surface area contributed by atoms with Crippen LogP contribution in [0.5, 0.6) is 0 Å². The van der Waals surface area contributed by atoms with Crippen LogP contribution in [0, 0.1) is 0 Å². The number of aromatic amines is 1. The van der Waals surface area contributed by atoms with Gasteiger partial charge in [-0.15, -0.1) is 0 Å². The van der Waals surface area contributed by atoms with E-state index in [-0.39, 0.29) is 5.69 Å². The van der Waals surface area contributed by atoms with E-state index in [0.717, 1.165) is 0 Å². The minimum absolute atomic E-state index is 0.369. The molecule has 0 radical (unpaired) electrons. The molecule has 1 aromatic rings. The van der Waals surface area contributed by atoms with E-state index in [1.165, 1.54) is 13.1 Å². The molecule has 0 aliphatic rings. The molecule has 0 amide bonds. The number of rotatable bonds is 2. The van der Waals surface area contributed by atoms with Gasteiger partial charge in [-0.05, 0) is 0 Å². The second kappa shape index (κ2) is 3.10. The maximum atomic E-state index is 10.5. The van der Waals surface area contributed by atoms with Gasteiger partial charge in [0, 0.05) is 0 Å². The Morgan fingerprint density at radius 3 is 3.20 bits per heavy atom. The second-order valence-electron chi connectivity index (χ2n) is 1.63. The van der Waals surface area contributed by atoms with Gasteiger partial charge in [0.15, 0.2) is 0 Å². The first-order valence-electron chi connectivity index (χ1n) is 2.76. The zero-order chi connectivity index (χ0) is 7.40. The molecule has 0 saturated heterocycles. The van der Waals surface area contributed by atoms with Crippen molar-refractivity contribution in [3.63, 3.8) is 0 Å². The van der Waals surface area contributed by atoms with Crippen molar-refractivity contribution in [2.24, 2.45) is 0 Å². The van der Waals surface area contributed by atoms with E-state index < -0.39 is 0 Å². The third-order valence-electron chi connectivity index (χ3n) is 0.920. The van der Waals surface area contributed by atoms with Gasteiger partial charge in [-0.3, -0.25) is 0 Å². The summed E-state index contributed by atoms with van der Waals surface area (Å²) in [6.45, 7) is 1.46. The number of hydrogen-bond acceptors (Lipinski definition) is 3. The third-order valence-corrected chi connectivity index (χ3v) is 0.920. The number of H-pyrrole nitrogens is 1. The summed E-state index contributed by atoms with van der Waals surface area (Å²) in [5, 5.41) is 2.68. The van der Waals surface area contributed by atoms with Gasteiger partial charge in [-0.1, -0.05) is 0 Å². The molecule has 4 nitrogen and oxygen atoms in total. The summed E-state index contributed by atoms with van der Waals surface area (Å²) < 4.78 is 0. The van der Waals surface area contributed by atoms with E-state index in [1.807, 2.05) is 0 Å². The first-order valence-corrected chi connectivity index (χ1v) is 2.76. The maximum absolute atomic E-state index is 10.5. The fourth-order valence-electron chi connectivity index (χ4n) is 0.556. The molecule has 0 bridgehead atoms. The Labute approximate surface area is 59.0 Å². The van der Waals surface area contributed by atoms with Crippen molar-refractivity contribution in [2.75, 3.05) is 5.23 Å². The summed E-state index contributed by atoms with van der Waals surface area (Å²) in [6.07, 6.45) is 1.52. The van der Waals surface area contributed by atoms with Crippen LogP contribution in [-0.4, -0.2) is 24.3 Å². The second-order valence-corrected chi connectivity index (χ2v) is 1.63. The predicted molar refractivity (Wildman–Crippen MR) is 41.4 cm³/mol. The first kappa shape index (κ1) is 6.92. The fraction of sp³-hybridized carbons (Fsp3) is 0. The van der Waals surface area contributed by atoms with Crippen molar-refractivity contribution in [1.29, 1.82) is 0 Å². The van der Waals surface area contributed by atoms with Crippen molar-refractivity contribution in [3.8, 4) is 0 Å². The van der Waals surface area contributed by atoms with E-state index >= 15 is 0 Å². The van der Waals surface area contributed by atoms with Crippen molar-refractivity contribution in [3.05, 3.63) is 22.7 Å². The molecular weight excluding hydrogens is 128 g/mol. The molecule has 0 atom stereocenters. The Balaban J connectivity index is 2.95. The summed E-state index contributed by atoms with van der Waals surface area (Å²) in [5.74, 6) is 0.499. The van der Waals surface area contributed by atoms with Crippen LogP contribution in [0.2, 0.25) is 0 Å². The molecule has 0 aromatic carbocycles. The van der Waals surface area contributed by atoms with E-state index in [2.05, 4.69) is 22.6 Å². The summed E-state index contributed by atoms with van der Waals surface area (Å²) in [6, 6.07) is 1.64. The Hall–Kier alpha value is -1.19. The summed E-state index contributed by atoms with van der Waals surface area (Å²) >= 11 is 0. The molecule has 2 N–H and O–H groups in total. The predicted octanol–water partition coefficient (Wildman–Crippen LogP) is -1.38. The zero-order valence-electron chi connectivity index (χ0n) is 5.29. The topological polar surface area (TPSA) is 57.8 Å². The van der Waals surface area contributed by atoms with Gasteiger partial charge in [-0.25, -0.2) is 0 Å². The quantitative estimate of drug-likeness (QED) is 0.488. The monoisotopic (exact) mass is 133 g/mol. The molecule has 0 fully saturated rings. The number of nitrogens with one attached hydrogen (secondary N) is 2. The SMILES string of the molecule is B=BNc1cc[nH]c(=O)n1. The Kier molecular flexibility index (Phi) is 2.15. The normalized spacial score (nSPS) is 8.30. The molecule has 1 rings (SSSR count). The summed E-state index contributed by atoms with van der Waals surface area (Å²) in [7, 11) is 3.42. The molecule has 6 heteroatoms. The van der Waals surface area contributed by atoms with E-state index in [0.29, 0.717) is 5.82 Å². The van der Waals surface area contributed by atoms with Gasteiger partial charge in [-0.2, -0.15) is 0 Å². The van der Waals surface area contributed by atoms with Gasteiger partial charge in [0.05, 0.1) is 0 Å². The van der Waals surface area contributed by atoms with Crippen LogP contribution in [0.1, 0.15) is 0 Å². The van der Waals surface area contributed by atoms with Crippen LogP contribution in [0.25, 0.3) is 0 Å². The molecule has 1 heterocycles. The molecule has 0 spiro atoms. The van der Waals surface area contributed by atoms with Crippen molar-refractivity contribution in [1.82, 2.24) is 9.97 Å². The van der Waals surface area contributed by atoms with Crippen LogP contribution >= 0.6 is 0 Å². The van der Waals surface area contributed by atoms with Crippen LogP contribution in [-0.2, 0) is 0 Å². The van der Waals surface area contributed by atoms with Crippen LogP contribution in [0.15, 0.2) is 17.1 Å². The van der Waals surface area contributed by atoms with Gasteiger partial charge < -0.3 is 0 Å². The third kappa shape index (κ3) is 1.65. The zero-order valence-corrected chi connectivity index (χ0v) is 5.29. The average Bonchev–Trinajstić information content (AvgIpc) is 1.88. The van der Waals surface area contributed by atoms with E-state index in [9.17, 15) is 4.79 Å². The van der Waals surface area contributed by atoms with Crippen molar-refractivity contribution >= 4 is 20.1 Å². The van der Waals surface area contributed by atoms with E-state index in [4.69, 9.17) is 0 Å². The summed E-state index contributed by atoms with van der Waals surface area (Å²) in [5.41, 5.74) is -0.369. The average molecular weight is 133 g/mol. The Morgan fingerprint density at radius 2 is 2.60 bits per heavy atom. The van der Waals surface area contributed by atoms with Gasteiger partial charge in [0.25, 0.3) is 0 Å². The number of hydrogen-bond donors (Lipinski definition) is 2. The number of nitrogens with zero attached hydrogens (tertiary/aromatic N) is 1. The van der Waals surface area contributed by atoms with Gasteiger partial charge in [0.2, 0.25) is 0 Å². The fourth-order valence-corrected chi connectivity index (χ4v) is 0.556.